The molecule has 3 aliphatic heterocycles. The number of hydrogen-bond donors (Lipinski definition) is 2. The van der Waals surface area contributed by atoms with Crippen LogP contribution >= 0.6 is 0 Å². The molecule has 3 aliphatic rings. The van der Waals surface area contributed by atoms with Crippen LogP contribution in [0.1, 0.15) is 5.56 Å². The Bertz CT molecular complexity index is 1290. The molecule has 8 nitrogen and oxygen atoms in total. The summed E-state index contributed by atoms with van der Waals surface area (Å²) >= 11 is 0. The second-order valence-electron chi connectivity index (χ2n) is 8.90. The molecule has 3 fully saturated rings. The molecule has 0 bridgehead atoms. The number of halogens is 2. The average Bonchev–Trinajstić information content (AvgIpc) is 3.54. The maximum Gasteiger partial charge on any atom is 0.210 e. The predicted molar refractivity (Wildman–Crippen MR) is 121 cm³/mol. The number of rotatable bonds is 4. The molecule has 0 aliphatic carbocycles. The molecule has 0 unspecified atom stereocenters. The highest BCUT2D eigenvalue weighted by molar-refractivity contribution is 5.92. The van der Waals surface area contributed by atoms with E-state index >= 15 is 8.78 Å². The number of aliphatic hydroxyl groups is 1. The molecule has 0 spiro atoms. The first-order chi connectivity index (χ1) is 17.0. The quantitative estimate of drug-likeness (QED) is 0.589. The van der Waals surface area contributed by atoms with Gasteiger partial charge in [0, 0.05) is 29.7 Å². The largest absolute Gasteiger partial charge is 0.469 e. The van der Waals surface area contributed by atoms with Crippen molar-refractivity contribution in [2.75, 3.05) is 44.4 Å². The number of anilines is 1. The SMILES string of the molecule is N#Cc1c(O[C@@H]2CO[C@H]3[C@@H]2OC[C@H]3O)[nH]c2ccc(-c3c(F)cc(N4CCOCC4)cc3F)cc12. The molecule has 10 heteroatoms. The molecule has 35 heavy (non-hydrogen) atoms. The van der Waals surface area contributed by atoms with Gasteiger partial charge in [0.25, 0.3) is 0 Å². The van der Waals surface area contributed by atoms with E-state index in [1.165, 1.54) is 12.1 Å². The van der Waals surface area contributed by atoms with Crippen molar-refractivity contribution in [3.63, 3.8) is 0 Å². The van der Waals surface area contributed by atoms with Crippen LogP contribution in [0.5, 0.6) is 5.88 Å². The van der Waals surface area contributed by atoms with Gasteiger partial charge in [-0.15, -0.1) is 0 Å². The average molecular weight is 483 g/mol. The molecule has 182 valence electrons. The Hall–Kier alpha value is -3.23. The highest BCUT2D eigenvalue weighted by Gasteiger charge is 2.48. The Morgan fingerprint density at radius 1 is 1.06 bits per heavy atom. The minimum atomic E-state index is -0.714. The van der Waals surface area contributed by atoms with Gasteiger partial charge in [0.2, 0.25) is 5.88 Å². The van der Waals surface area contributed by atoms with Crippen molar-refractivity contribution in [2.45, 2.75) is 24.4 Å². The third-order valence-electron chi connectivity index (χ3n) is 6.82. The Morgan fingerprint density at radius 3 is 2.54 bits per heavy atom. The van der Waals surface area contributed by atoms with Crippen LogP contribution in [0.15, 0.2) is 30.3 Å². The number of morpholine rings is 1. The number of nitrogens with one attached hydrogen (secondary N) is 1. The van der Waals surface area contributed by atoms with Gasteiger partial charge in [0.15, 0.2) is 6.10 Å². The number of nitriles is 1. The molecule has 6 rings (SSSR count). The first-order valence-electron chi connectivity index (χ1n) is 11.5. The number of ether oxygens (including phenoxy) is 4. The standard InChI is InChI=1S/C25H23F2N3O5/c26-17-8-14(30-3-5-32-6-4-30)9-18(27)22(17)13-1-2-19-15(7-13)16(10-28)25(29-19)35-21-12-34-23-20(31)11-33-24(21)23/h1-2,7-9,20-21,23-24,29,31H,3-6,11-12H2/t20-,21-,23-,24-/m1/s1. The monoisotopic (exact) mass is 483 g/mol. The van der Waals surface area contributed by atoms with Crippen LogP contribution < -0.4 is 9.64 Å². The number of aromatic nitrogens is 1. The van der Waals surface area contributed by atoms with Crippen LogP contribution in [0, 0.1) is 23.0 Å². The summed E-state index contributed by atoms with van der Waals surface area (Å²) in [6.07, 6.45) is -2.12. The van der Waals surface area contributed by atoms with E-state index in [-0.39, 0.29) is 30.2 Å². The van der Waals surface area contributed by atoms with Gasteiger partial charge >= 0.3 is 0 Å². The van der Waals surface area contributed by atoms with Crippen molar-refractivity contribution < 1.29 is 32.8 Å². The third-order valence-corrected chi connectivity index (χ3v) is 6.82. The summed E-state index contributed by atoms with van der Waals surface area (Å²) in [6, 6.07) is 9.64. The lowest BCUT2D eigenvalue weighted by molar-refractivity contribution is 0.00789. The maximum absolute atomic E-state index is 15.1. The number of benzene rings is 2. The highest BCUT2D eigenvalue weighted by Crippen LogP contribution is 2.37. The number of nitrogens with zero attached hydrogens (tertiary/aromatic N) is 2. The lowest BCUT2D eigenvalue weighted by Crippen LogP contribution is -2.36. The zero-order valence-electron chi connectivity index (χ0n) is 18.7. The molecular formula is C25H23F2N3O5. The summed E-state index contributed by atoms with van der Waals surface area (Å²) in [5.74, 6) is -1.13. The molecule has 0 amide bonds. The van der Waals surface area contributed by atoms with E-state index in [1.54, 1.807) is 18.2 Å². The van der Waals surface area contributed by atoms with Crippen molar-refractivity contribution in [1.29, 1.82) is 5.26 Å². The van der Waals surface area contributed by atoms with Crippen LogP contribution in [0.3, 0.4) is 0 Å². The lowest BCUT2D eigenvalue weighted by Gasteiger charge is -2.29. The third kappa shape index (κ3) is 3.81. The van der Waals surface area contributed by atoms with Crippen molar-refractivity contribution >= 4 is 16.6 Å². The Balaban J connectivity index is 1.32. The fraction of sp³-hybridized carbons (Fsp3) is 0.400. The summed E-state index contributed by atoms with van der Waals surface area (Å²) in [5.41, 5.74) is 1.44. The smallest absolute Gasteiger partial charge is 0.210 e. The Labute approximate surface area is 199 Å². The molecule has 3 aromatic rings. The second-order valence-corrected chi connectivity index (χ2v) is 8.90. The minimum absolute atomic E-state index is 0.156. The summed E-state index contributed by atoms with van der Waals surface area (Å²) in [5, 5.41) is 20.3. The number of H-pyrrole nitrogens is 1. The molecule has 0 saturated carbocycles. The number of aliphatic hydroxyl groups excluding tert-OH is 1. The number of fused-ring (bicyclic) bond motifs is 2. The fourth-order valence-electron chi connectivity index (χ4n) is 5.06. The Morgan fingerprint density at radius 2 is 1.80 bits per heavy atom. The number of aromatic amines is 1. The molecule has 4 heterocycles. The van der Waals surface area contributed by atoms with E-state index in [2.05, 4.69) is 11.1 Å². The molecular weight excluding hydrogens is 460 g/mol. The molecule has 3 saturated heterocycles. The van der Waals surface area contributed by atoms with Gasteiger partial charge in [0.05, 0.1) is 32.0 Å². The minimum Gasteiger partial charge on any atom is -0.469 e. The van der Waals surface area contributed by atoms with Crippen LogP contribution in [-0.4, -0.2) is 74.0 Å². The van der Waals surface area contributed by atoms with Crippen molar-refractivity contribution in [3.8, 4) is 23.1 Å². The summed E-state index contributed by atoms with van der Waals surface area (Å²) in [4.78, 5) is 4.95. The lowest BCUT2D eigenvalue weighted by atomic mass is 10.0. The molecule has 2 aromatic carbocycles. The van der Waals surface area contributed by atoms with E-state index in [0.29, 0.717) is 48.5 Å². The van der Waals surface area contributed by atoms with Gasteiger partial charge in [-0.25, -0.2) is 8.78 Å². The first kappa shape index (κ1) is 22.2. The van der Waals surface area contributed by atoms with Gasteiger partial charge in [-0.3, -0.25) is 0 Å². The van der Waals surface area contributed by atoms with E-state index < -0.39 is 36.1 Å². The highest BCUT2D eigenvalue weighted by atomic mass is 19.1. The van der Waals surface area contributed by atoms with Gasteiger partial charge < -0.3 is 33.9 Å². The summed E-state index contributed by atoms with van der Waals surface area (Å²) in [7, 11) is 0. The predicted octanol–water partition coefficient (Wildman–Crippen LogP) is 2.73. The van der Waals surface area contributed by atoms with Crippen molar-refractivity contribution in [1.82, 2.24) is 4.98 Å². The number of hydrogen-bond acceptors (Lipinski definition) is 7. The van der Waals surface area contributed by atoms with E-state index in [0.717, 1.165) is 0 Å². The van der Waals surface area contributed by atoms with Crippen LogP contribution in [-0.2, 0) is 14.2 Å². The van der Waals surface area contributed by atoms with Crippen LogP contribution in [0.4, 0.5) is 14.5 Å². The summed E-state index contributed by atoms with van der Waals surface area (Å²) in [6.45, 7) is 2.54. The maximum atomic E-state index is 15.1. The van der Waals surface area contributed by atoms with Gasteiger partial charge in [-0.1, -0.05) is 6.07 Å². The second kappa shape index (κ2) is 8.77. The van der Waals surface area contributed by atoms with Gasteiger partial charge in [-0.05, 0) is 29.8 Å². The van der Waals surface area contributed by atoms with E-state index in [1.807, 2.05) is 4.90 Å². The van der Waals surface area contributed by atoms with Crippen molar-refractivity contribution in [2.24, 2.45) is 0 Å². The van der Waals surface area contributed by atoms with E-state index in [9.17, 15) is 10.4 Å². The molecule has 2 N–H and O–H groups in total. The topological polar surface area (TPSA) is 100.0 Å². The molecule has 4 atom stereocenters. The van der Waals surface area contributed by atoms with Crippen LogP contribution in [0.2, 0.25) is 0 Å². The van der Waals surface area contributed by atoms with Crippen molar-refractivity contribution in [3.05, 3.63) is 47.5 Å². The Kier molecular flexibility index (Phi) is 5.57. The summed E-state index contributed by atoms with van der Waals surface area (Å²) < 4.78 is 52.8. The first-order valence-corrected chi connectivity index (χ1v) is 11.5. The van der Waals surface area contributed by atoms with Crippen LogP contribution in [0.25, 0.3) is 22.0 Å². The van der Waals surface area contributed by atoms with E-state index in [4.69, 9.17) is 18.9 Å². The van der Waals surface area contributed by atoms with Gasteiger partial charge in [0.1, 0.15) is 41.6 Å². The molecule has 1 aromatic heterocycles. The fourth-order valence-corrected chi connectivity index (χ4v) is 5.06. The normalized spacial score (nSPS) is 26.2. The zero-order valence-corrected chi connectivity index (χ0v) is 18.7. The molecule has 0 radical (unpaired) electrons. The van der Waals surface area contributed by atoms with Gasteiger partial charge in [-0.2, -0.15) is 5.26 Å². The zero-order chi connectivity index (χ0) is 24.1.